The van der Waals surface area contributed by atoms with Gasteiger partial charge >= 0.3 is 0 Å². The Hall–Kier alpha value is -3.70. The summed E-state index contributed by atoms with van der Waals surface area (Å²) < 4.78 is 5.67. The lowest BCUT2D eigenvalue weighted by atomic mass is 9.99. The van der Waals surface area contributed by atoms with E-state index in [0.29, 0.717) is 35.5 Å². The number of ether oxygens (including phenoxy) is 1. The SMILES string of the molecule is C=Cc1c(C(=O)NO)cc(C2=CC=C(c3ccc(OCCC)cc3)C=CC2)nc1/C=C\C. The number of rotatable bonds is 8. The lowest BCUT2D eigenvalue weighted by Crippen LogP contribution is -2.21. The second-order valence-electron chi connectivity index (χ2n) is 7.29. The van der Waals surface area contributed by atoms with Crippen molar-refractivity contribution in [2.45, 2.75) is 26.7 Å². The van der Waals surface area contributed by atoms with E-state index in [2.05, 4.69) is 25.7 Å². The topological polar surface area (TPSA) is 71.5 Å². The fraction of sp³-hybridized carbons (Fsp3) is 0.185. The zero-order valence-electron chi connectivity index (χ0n) is 18.5. The molecule has 5 nitrogen and oxygen atoms in total. The van der Waals surface area contributed by atoms with Gasteiger partial charge in [-0.05, 0) is 60.8 Å². The van der Waals surface area contributed by atoms with Crippen molar-refractivity contribution >= 4 is 29.2 Å². The van der Waals surface area contributed by atoms with E-state index >= 15 is 0 Å². The van der Waals surface area contributed by atoms with E-state index in [1.54, 1.807) is 17.6 Å². The Bertz CT molecular complexity index is 1110. The van der Waals surface area contributed by atoms with Crippen LogP contribution < -0.4 is 10.2 Å². The smallest absolute Gasteiger partial charge is 0.275 e. The van der Waals surface area contributed by atoms with E-state index in [0.717, 1.165) is 28.9 Å². The Morgan fingerprint density at radius 1 is 1.28 bits per heavy atom. The average molecular weight is 429 g/mol. The number of nitrogens with zero attached hydrogens (tertiary/aromatic N) is 1. The van der Waals surface area contributed by atoms with E-state index in [-0.39, 0.29) is 0 Å². The van der Waals surface area contributed by atoms with Crippen molar-refractivity contribution < 1.29 is 14.7 Å². The third kappa shape index (κ3) is 5.31. The van der Waals surface area contributed by atoms with Gasteiger partial charge in [-0.3, -0.25) is 10.0 Å². The normalized spacial score (nSPS) is 13.3. The van der Waals surface area contributed by atoms with Crippen molar-refractivity contribution in [2.75, 3.05) is 6.61 Å². The zero-order chi connectivity index (χ0) is 22.9. The van der Waals surface area contributed by atoms with Crippen LogP contribution in [0.15, 0.2) is 67.3 Å². The molecule has 5 heteroatoms. The summed E-state index contributed by atoms with van der Waals surface area (Å²) in [5.41, 5.74) is 7.04. The van der Waals surface area contributed by atoms with Crippen molar-refractivity contribution in [3.8, 4) is 5.75 Å². The molecule has 0 atom stereocenters. The van der Waals surface area contributed by atoms with Crippen molar-refractivity contribution in [1.29, 1.82) is 0 Å². The van der Waals surface area contributed by atoms with Crippen LogP contribution in [0.1, 0.15) is 59.6 Å². The number of benzene rings is 1. The van der Waals surface area contributed by atoms with Crippen LogP contribution in [-0.4, -0.2) is 22.7 Å². The van der Waals surface area contributed by atoms with Crippen LogP contribution in [-0.2, 0) is 0 Å². The molecule has 0 bridgehead atoms. The lowest BCUT2D eigenvalue weighted by molar-refractivity contribution is 0.0706. The minimum atomic E-state index is -0.597. The summed E-state index contributed by atoms with van der Waals surface area (Å²) in [6.45, 7) is 8.47. The molecule has 1 aromatic heterocycles. The molecule has 1 aliphatic carbocycles. The molecule has 2 N–H and O–H groups in total. The van der Waals surface area contributed by atoms with Crippen molar-refractivity contribution in [2.24, 2.45) is 0 Å². The third-order valence-electron chi connectivity index (χ3n) is 5.05. The Morgan fingerprint density at radius 3 is 2.72 bits per heavy atom. The monoisotopic (exact) mass is 428 g/mol. The number of allylic oxidation sites excluding steroid dienone is 7. The standard InChI is InChI=1S/C27H28N2O3/c1-4-8-25-23(6-3)24(27(30)29-31)18-26(28-25)21-10-7-9-19(11-12-21)20-13-15-22(16-14-20)32-17-5-2/h4,6-9,11-16,18,31H,3,5,10,17H2,1-2H3,(H,29,30)/b8-4-. The molecule has 0 unspecified atom stereocenters. The number of amides is 1. The van der Waals surface area contributed by atoms with Gasteiger partial charge in [0.2, 0.25) is 0 Å². The van der Waals surface area contributed by atoms with E-state index < -0.39 is 5.91 Å². The van der Waals surface area contributed by atoms with Gasteiger partial charge in [0.1, 0.15) is 5.75 Å². The van der Waals surface area contributed by atoms with Crippen molar-refractivity contribution in [3.63, 3.8) is 0 Å². The highest BCUT2D eigenvalue weighted by atomic mass is 16.5. The first-order valence-corrected chi connectivity index (χ1v) is 10.7. The summed E-state index contributed by atoms with van der Waals surface area (Å²) >= 11 is 0. The second-order valence-corrected chi connectivity index (χ2v) is 7.29. The first kappa shape index (κ1) is 23.0. The molecular formula is C27H28N2O3. The number of carbonyl (C=O) groups is 1. The van der Waals surface area contributed by atoms with E-state index in [9.17, 15) is 10.0 Å². The summed E-state index contributed by atoms with van der Waals surface area (Å²) in [5, 5.41) is 9.19. The van der Waals surface area contributed by atoms with Crippen LogP contribution in [0.3, 0.4) is 0 Å². The number of carbonyl (C=O) groups excluding carboxylic acids is 1. The molecule has 164 valence electrons. The summed E-state index contributed by atoms with van der Waals surface area (Å²) in [6.07, 6.45) is 15.1. The number of aromatic nitrogens is 1. The van der Waals surface area contributed by atoms with Crippen LogP contribution in [0.4, 0.5) is 0 Å². The molecule has 32 heavy (non-hydrogen) atoms. The highest BCUT2D eigenvalue weighted by Gasteiger charge is 2.17. The van der Waals surface area contributed by atoms with E-state index in [1.165, 1.54) is 0 Å². The van der Waals surface area contributed by atoms with Gasteiger partial charge in [0.15, 0.2) is 0 Å². The summed E-state index contributed by atoms with van der Waals surface area (Å²) in [7, 11) is 0. The van der Waals surface area contributed by atoms with Crippen molar-refractivity contribution in [3.05, 3.63) is 95.4 Å². The molecule has 2 aromatic rings. The van der Waals surface area contributed by atoms with Gasteiger partial charge in [-0.1, -0.05) is 62.1 Å². The van der Waals surface area contributed by atoms with Gasteiger partial charge in [-0.15, -0.1) is 0 Å². The molecule has 1 aliphatic rings. The van der Waals surface area contributed by atoms with Gasteiger partial charge < -0.3 is 4.74 Å². The fourth-order valence-electron chi connectivity index (χ4n) is 3.46. The molecule has 0 radical (unpaired) electrons. The fourth-order valence-corrected chi connectivity index (χ4v) is 3.46. The summed E-state index contributed by atoms with van der Waals surface area (Å²) in [5.74, 6) is 0.267. The number of nitrogens with one attached hydrogen (secondary N) is 1. The summed E-state index contributed by atoms with van der Waals surface area (Å²) in [6, 6.07) is 9.74. The number of pyridine rings is 1. The minimum absolute atomic E-state index is 0.321. The highest BCUT2D eigenvalue weighted by molar-refractivity contribution is 5.99. The molecule has 1 heterocycles. The maximum Gasteiger partial charge on any atom is 0.275 e. The Balaban J connectivity index is 1.98. The lowest BCUT2D eigenvalue weighted by Gasteiger charge is -2.12. The molecule has 1 aromatic carbocycles. The number of hydrogen-bond acceptors (Lipinski definition) is 4. The third-order valence-corrected chi connectivity index (χ3v) is 5.05. The van der Waals surface area contributed by atoms with Gasteiger partial charge in [0.05, 0.1) is 23.6 Å². The first-order chi connectivity index (χ1) is 15.6. The van der Waals surface area contributed by atoms with E-state index in [4.69, 9.17) is 9.72 Å². The Morgan fingerprint density at radius 2 is 2.06 bits per heavy atom. The molecule has 0 saturated carbocycles. The largest absolute Gasteiger partial charge is 0.494 e. The first-order valence-electron chi connectivity index (χ1n) is 10.7. The summed E-state index contributed by atoms with van der Waals surface area (Å²) in [4.78, 5) is 17.0. The van der Waals surface area contributed by atoms with Gasteiger partial charge in [-0.25, -0.2) is 10.5 Å². The number of hydroxylamine groups is 1. The Labute approximate surface area is 189 Å². The molecule has 3 rings (SSSR count). The minimum Gasteiger partial charge on any atom is -0.494 e. The molecule has 0 saturated heterocycles. The average Bonchev–Trinajstić information content (AvgIpc) is 3.08. The van der Waals surface area contributed by atoms with Crippen LogP contribution >= 0.6 is 0 Å². The zero-order valence-corrected chi connectivity index (χ0v) is 18.5. The predicted molar refractivity (Wildman–Crippen MR) is 130 cm³/mol. The Kier molecular flexibility index (Phi) is 7.95. The molecule has 0 aliphatic heterocycles. The number of hydrogen-bond donors (Lipinski definition) is 2. The highest BCUT2D eigenvalue weighted by Crippen LogP contribution is 2.28. The van der Waals surface area contributed by atoms with Gasteiger partial charge in [0, 0.05) is 5.56 Å². The van der Waals surface area contributed by atoms with Crippen LogP contribution in [0, 0.1) is 0 Å². The van der Waals surface area contributed by atoms with Crippen LogP contribution in [0.5, 0.6) is 5.75 Å². The van der Waals surface area contributed by atoms with Crippen LogP contribution in [0.2, 0.25) is 0 Å². The molecule has 0 spiro atoms. The molecule has 1 amide bonds. The van der Waals surface area contributed by atoms with Gasteiger partial charge in [0.25, 0.3) is 5.91 Å². The maximum atomic E-state index is 12.3. The quantitative estimate of drug-likeness (QED) is 0.394. The van der Waals surface area contributed by atoms with E-state index in [1.807, 2.05) is 55.5 Å². The second kappa shape index (κ2) is 11.1. The van der Waals surface area contributed by atoms with Gasteiger partial charge in [-0.2, -0.15) is 0 Å². The molecule has 0 fully saturated rings. The molecular weight excluding hydrogens is 400 g/mol. The maximum absolute atomic E-state index is 12.3. The van der Waals surface area contributed by atoms with Crippen molar-refractivity contribution in [1.82, 2.24) is 10.5 Å². The van der Waals surface area contributed by atoms with Crippen LogP contribution in [0.25, 0.3) is 23.3 Å². The predicted octanol–water partition coefficient (Wildman–Crippen LogP) is 6.09.